The van der Waals surface area contributed by atoms with Crippen molar-refractivity contribution in [3.05, 3.63) is 93.5 Å². The van der Waals surface area contributed by atoms with Crippen LogP contribution in [0.25, 0.3) is 0 Å². The molecular formula is C36H33Cl2N3O7. The van der Waals surface area contributed by atoms with Crippen LogP contribution in [0.4, 0.5) is 5.69 Å². The van der Waals surface area contributed by atoms with Crippen molar-refractivity contribution in [3.8, 4) is 17.2 Å². The lowest BCUT2D eigenvalue weighted by molar-refractivity contribution is -0.140. The lowest BCUT2D eigenvalue weighted by atomic mass is 9.49. The number of rotatable bonds is 7. The Kier molecular flexibility index (Phi) is 7.91. The van der Waals surface area contributed by atoms with Crippen LogP contribution in [0.1, 0.15) is 36.8 Å². The quantitative estimate of drug-likeness (QED) is 0.238. The number of nitrogens with zero attached hydrogens (tertiary/aromatic N) is 2. The largest absolute Gasteiger partial charge is 0.504 e. The molecule has 4 aliphatic rings. The molecule has 48 heavy (non-hydrogen) atoms. The average Bonchev–Trinajstić information content (AvgIpc) is 3.43. The van der Waals surface area contributed by atoms with Crippen LogP contribution in [0.3, 0.4) is 0 Å². The first kappa shape index (κ1) is 32.0. The van der Waals surface area contributed by atoms with Gasteiger partial charge in [-0.15, -0.1) is 0 Å². The van der Waals surface area contributed by atoms with Crippen LogP contribution in [-0.2, 0) is 24.6 Å². The zero-order valence-electron chi connectivity index (χ0n) is 26.4. The van der Waals surface area contributed by atoms with Gasteiger partial charge >= 0.3 is 0 Å². The summed E-state index contributed by atoms with van der Waals surface area (Å²) in [5.41, 5.74) is 3.75. The van der Waals surface area contributed by atoms with E-state index in [9.17, 15) is 19.5 Å². The lowest BCUT2D eigenvalue weighted by Gasteiger charge is -2.50. The first-order valence-corrected chi connectivity index (χ1v) is 16.5. The molecule has 2 heterocycles. The van der Waals surface area contributed by atoms with E-state index in [4.69, 9.17) is 32.7 Å². The SMILES string of the molecule is CCOc1cc(C2C3=CCC4C(=O)N(C)C(=O)C4C3CC3C(=O)N(Nc4ccc(Cl)cc4Cl)C(=O)C32c2ccc(OC)cc2)ccc1O. The average molecular weight is 691 g/mol. The van der Waals surface area contributed by atoms with Crippen LogP contribution in [0.2, 0.25) is 10.0 Å². The van der Waals surface area contributed by atoms with Crippen LogP contribution in [-0.4, -0.2) is 59.4 Å². The summed E-state index contributed by atoms with van der Waals surface area (Å²) in [7, 11) is 3.03. The molecule has 4 amide bonds. The van der Waals surface area contributed by atoms with Crippen molar-refractivity contribution in [3.63, 3.8) is 0 Å². The number of halogens is 2. The molecule has 2 aliphatic heterocycles. The summed E-state index contributed by atoms with van der Waals surface area (Å²) in [4.78, 5) is 58.0. The van der Waals surface area contributed by atoms with E-state index in [1.54, 1.807) is 62.6 Å². The zero-order valence-corrected chi connectivity index (χ0v) is 27.9. The zero-order chi connectivity index (χ0) is 34.1. The van der Waals surface area contributed by atoms with Crippen LogP contribution in [0.5, 0.6) is 17.2 Å². The first-order chi connectivity index (χ1) is 23.0. The predicted molar refractivity (Wildman–Crippen MR) is 178 cm³/mol. The van der Waals surface area contributed by atoms with Crippen LogP contribution in [0.15, 0.2) is 72.3 Å². The summed E-state index contributed by atoms with van der Waals surface area (Å²) in [6.45, 7) is 2.08. The van der Waals surface area contributed by atoms with Gasteiger partial charge in [-0.25, -0.2) is 0 Å². The number of carbonyl (C=O) groups is 4. The van der Waals surface area contributed by atoms with Gasteiger partial charge in [0.2, 0.25) is 11.8 Å². The van der Waals surface area contributed by atoms with E-state index in [1.807, 2.05) is 6.08 Å². The number of likely N-dealkylation sites (tertiary alicyclic amines) is 1. The molecule has 3 aromatic carbocycles. The third-order valence-electron chi connectivity index (χ3n) is 10.4. The fourth-order valence-electron chi connectivity index (χ4n) is 8.36. The van der Waals surface area contributed by atoms with Crippen molar-refractivity contribution >= 4 is 52.5 Å². The second-order valence-corrected chi connectivity index (χ2v) is 13.5. The molecule has 2 N–H and O–H groups in total. The number of fused-ring (bicyclic) bond motifs is 4. The number of nitrogens with one attached hydrogen (secondary N) is 1. The molecule has 6 unspecified atom stereocenters. The minimum absolute atomic E-state index is 0.0756. The van der Waals surface area contributed by atoms with E-state index in [2.05, 4.69) is 5.43 Å². The summed E-state index contributed by atoms with van der Waals surface area (Å²) in [6.07, 6.45) is 2.43. The molecule has 10 nitrogen and oxygen atoms in total. The van der Waals surface area contributed by atoms with Crippen molar-refractivity contribution in [1.82, 2.24) is 9.91 Å². The standard InChI is InChI=1S/C36H33Cl2N3O7/c1-4-48-29-15-18(5-14-28(29)42)31-22-11-12-23-30(34(45)40(2)32(23)43)24(22)17-25-33(44)41(39-27-13-8-20(37)16-26(27)38)35(46)36(25,31)19-6-9-21(47-3)10-7-19/h5-11,13-16,23-25,30-31,39,42H,4,12,17H2,1-3H3. The summed E-state index contributed by atoms with van der Waals surface area (Å²) < 4.78 is 11.2. The molecular weight excluding hydrogens is 657 g/mol. The van der Waals surface area contributed by atoms with Gasteiger partial charge in [0.15, 0.2) is 11.5 Å². The second-order valence-electron chi connectivity index (χ2n) is 12.6. The Bertz CT molecular complexity index is 1900. The maximum absolute atomic E-state index is 15.2. The van der Waals surface area contributed by atoms with Gasteiger partial charge in [0, 0.05) is 18.0 Å². The predicted octanol–water partition coefficient (Wildman–Crippen LogP) is 5.72. The number of anilines is 1. The highest BCUT2D eigenvalue weighted by atomic mass is 35.5. The number of phenolic OH excluding ortho intramolecular Hbond substituents is 1. The van der Waals surface area contributed by atoms with Crippen molar-refractivity contribution in [2.75, 3.05) is 26.2 Å². The van der Waals surface area contributed by atoms with Gasteiger partial charge < -0.3 is 14.6 Å². The van der Waals surface area contributed by atoms with Gasteiger partial charge in [-0.05, 0) is 79.3 Å². The number of amides is 4. The first-order valence-electron chi connectivity index (χ1n) is 15.7. The van der Waals surface area contributed by atoms with E-state index in [1.165, 1.54) is 24.1 Å². The smallest absolute Gasteiger partial charge is 0.260 e. The van der Waals surface area contributed by atoms with Crippen LogP contribution in [0, 0.1) is 23.7 Å². The van der Waals surface area contributed by atoms with E-state index in [0.29, 0.717) is 34.0 Å². The van der Waals surface area contributed by atoms with Gasteiger partial charge in [0.25, 0.3) is 11.8 Å². The number of benzene rings is 3. The summed E-state index contributed by atoms with van der Waals surface area (Å²) >= 11 is 12.6. The fraction of sp³-hybridized carbons (Fsp3) is 0.333. The van der Waals surface area contributed by atoms with Crippen molar-refractivity contribution in [2.45, 2.75) is 31.1 Å². The van der Waals surface area contributed by atoms with Crippen molar-refractivity contribution in [2.24, 2.45) is 23.7 Å². The molecule has 248 valence electrons. The van der Waals surface area contributed by atoms with Gasteiger partial charge in [-0.2, -0.15) is 5.01 Å². The number of aromatic hydroxyl groups is 1. The highest BCUT2D eigenvalue weighted by Crippen LogP contribution is 2.64. The molecule has 6 atom stereocenters. The molecule has 3 fully saturated rings. The van der Waals surface area contributed by atoms with Gasteiger partial charge in [0.05, 0.1) is 47.6 Å². The Morgan fingerprint density at radius 1 is 0.958 bits per heavy atom. The molecule has 2 aliphatic carbocycles. The molecule has 0 spiro atoms. The van der Waals surface area contributed by atoms with Crippen molar-refractivity contribution in [1.29, 1.82) is 0 Å². The number of hydrogen-bond donors (Lipinski definition) is 2. The molecule has 3 aromatic rings. The Labute approximate surface area is 287 Å². The number of ether oxygens (including phenoxy) is 2. The number of allylic oxidation sites excluding steroid dienone is 2. The molecule has 2 saturated heterocycles. The lowest BCUT2D eigenvalue weighted by Crippen LogP contribution is -2.53. The van der Waals surface area contributed by atoms with Crippen LogP contribution < -0.4 is 14.9 Å². The van der Waals surface area contributed by atoms with E-state index in [-0.39, 0.29) is 41.4 Å². The Balaban J connectivity index is 1.48. The fourth-order valence-corrected chi connectivity index (χ4v) is 8.81. The highest BCUT2D eigenvalue weighted by molar-refractivity contribution is 6.36. The summed E-state index contributed by atoms with van der Waals surface area (Å²) in [5.74, 6) is -4.33. The van der Waals surface area contributed by atoms with Gasteiger partial charge in [-0.1, -0.05) is 53.1 Å². The molecule has 0 radical (unpaired) electrons. The number of phenols is 1. The Morgan fingerprint density at radius 2 is 1.71 bits per heavy atom. The van der Waals surface area contributed by atoms with E-state index < -0.39 is 46.8 Å². The highest BCUT2D eigenvalue weighted by Gasteiger charge is 2.70. The Morgan fingerprint density at radius 3 is 2.40 bits per heavy atom. The van der Waals surface area contributed by atoms with E-state index >= 15 is 4.79 Å². The molecule has 0 bridgehead atoms. The minimum atomic E-state index is -1.51. The molecule has 12 heteroatoms. The molecule has 0 aromatic heterocycles. The third kappa shape index (κ3) is 4.60. The molecule has 7 rings (SSSR count). The van der Waals surface area contributed by atoms with Crippen LogP contribution >= 0.6 is 23.2 Å². The third-order valence-corrected chi connectivity index (χ3v) is 11.0. The number of hydrazine groups is 1. The second kappa shape index (κ2) is 11.9. The monoisotopic (exact) mass is 689 g/mol. The molecule has 1 saturated carbocycles. The van der Waals surface area contributed by atoms with Gasteiger partial charge in [0.1, 0.15) is 5.75 Å². The van der Waals surface area contributed by atoms with E-state index in [0.717, 1.165) is 10.6 Å². The Hall–Kier alpha value is -4.54. The van der Waals surface area contributed by atoms with Gasteiger partial charge in [-0.3, -0.25) is 29.5 Å². The van der Waals surface area contributed by atoms with Crippen molar-refractivity contribution < 1.29 is 33.8 Å². The maximum atomic E-state index is 15.2. The topological polar surface area (TPSA) is 125 Å². The normalized spacial score (nSPS) is 27.8. The number of methoxy groups -OCH3 is 1. The number of carbonyl (C=O) groups excluding carboxylic acids is 4. The number of hydrogen-bond acceptors (Lipinski definition) is 8. The number of imide groups is 2. The summed E-state index contributed by atoms with van der Waals surface area (Å²) in [6, 6.07) is 16.7. The minimum Gasteiger partial charge on any atom is -0.504 e. The maximum Gasteiger partial charge on any atom is 0.260 e. The summed E-state index contributed by atoms with van der Waals surface area (Å²) in [5, 5.41) is 12.3.